The molecule has 1 aliphatic rings. The molecule has 3 N–H and O–H groups in total. The van der Waals surface area contributed by atoms with E-state index in [4.69, 9.17) is 10.5 Å². The third-order valence-electron chi connectivity index (χ3n) is 4.97. The summed E-state index contributed by atoms with van der Waals surface area (Å²) < 4.78 is 5.15. The van der Waals surface area contributed by atoms with Crippen molar-refractivity contribution in [2.75, 3.05) is 12.4 Å². The van der Waals surface area contributed by atoms with Crippen LogP contribution >= 0.6 is 11.3 Å². The van der Waals surface area contributed by atoms with E-state index >= 15 is 0 Å². The Morgan fingerprint density at radius 2 is 1.81 bits per heavy atom. The molecule has 0 atom stereocenters. The number of amides is 2. The summed E-state index contributed by atoms with van der Waals surface area (Å²) in [5, 5.41) is 3.56. The van der Waals surface area contributed by atoms with Crippen LogP contribution in [0.2, 0.25) is 0 Å². The maximum atomic E-state index is 12.5. The van der Waals surface area contributed by atoms with Crippen molar-refractivity contribution in [3.63, 3.8) is 0 Å². The molecular formula is C21H26N2O3S. The van der Waals surface area contributed by atoms with Crippen molar-refractivity contribution in [3.8, 4) is 5.75 Å². The second kappa shape index (κ2) is 9.04. The molecule has 2 amide bonds. The van der Waals surface area contributed by atoms with Gasteiger partial charge in [-0.15, -0.1) is 11.3 Å². The highest BCUT2D eigenvalue weighted by Crippen LogP contribution is 2.37. The number of hydrogen-bond donors (Lipinski definition) is 2. The lowest BCUT2D eigenvalue weighted by Gasteiger charge is -2.10. The number of fused-ring (bicyclic) bond motifs is 1. The van der Waals surface area contributed by atoms with Crippen LogP contribution in [0, 0.1) is 0 Å². The molecule has 3 rings (SSSR count). The molecule has 0 unspecified atom stereocenters. The molecule has 1 heterocycles. The minimum Gasteiger partial charge on any atom is -0.497 e. The van der Waals surface area contributed by atoms with Crippen LogP contribution in [0.1, 0.15) is 58.5 Å². The quantitative estimate of drug-likeness (QED) is 0.785. The Morgan fingerprint density at radius 1 is 1.11 bits per heavy atom. The lowest BCUT2D eigenvalue weighted by molar-refractivity contribution is -0.116. The normalized spacial score (nSPS) is 14.0. The van der Waals surface area contributed by atoms with Crippen molar-refractivity contribution in [3.05, 3.63) is 45.8 Å². The van der Waals surface area contributed by atoms with Gasteiger partial charge in [0.15, 0.2) is 0 Å². The Labute approximate surface area is 163 Å². The summed E-state index contributed by atoms with van der Waals surface area (Å²) in [5.74, 6) is 0.256. The van der Waals surface area contributed by atoms with Crippen molar-refractivity contribution >= 4 is 28.2 Å². The van der Waals surface area contributed by atoms with Crippen LogP contribution in [0.3, 0.4) is 0 Å². The number of rotatable bonds is 6. The molecule has 2 aromatic rings. The van der Waals surface area contributed by atoms with Gasteiger partial charge in [-0.25, -0.2) is 0 Å². The van der Waals surface area contributed by atoms with Crippen molar-refractivity contribution in [2.45, 2.75) is 51.4 Å². The van der Waals surface area contributed by atoms with E-state index in [9.17, 15) is 9.59 Å². The summed E-state index contributed by atoms with van der Waals surface area (Å²) >= 11 is 1.52. The molecule has 0 aliphatic heterocycles. The number of anilines is 1. The van der Waals surface area contributed by atoms with Gasteiger partial charge in [0, 0.05) is 11.3 Å². The fraction of sp³-hybridized carbons (Fsp3) is 0.429. The summed E-state index contributed by atoms with van der Waals surface area (Å²) in [6, 6.07) is 7.69. The monoisotopic (exact) mass is 386 g/mol. The molecule has 5 nitrogen and oxygen atoms in total. The predicted octanol–water partition coefficient (Wildman–Crippen LogP) is 4.09. The summed E-state index contributed by atoms with van der Waals surface area (Å²) in [7, 11) is 1.63. The van der Waals surface area contributed by atoms with Gasteiger partial charge in [-0.3, -0.25) is 9.59 Å². The van der Waals surface area contributed by atoms with E-state index in [2.05, 4.69) is 5.32 Å². The second-order valence-electron chi connectivity index (χ2n) is 6.88. The third-order valence-corrected chi connectivity index (χ3v) is 6.18. The van der Waals surface area contributed by atoms with E-state index in [1.807, 2.05) is 24.3 Å². The Balaban J connectivity index is 1.69. The SMILES string of the molecule is COc1ccc(CCC(=O)Nc2sc3c(c2C(N)=O)CCCCCC3)cc1. The van der Waals surface area contributed by atoms with E-state index in [-0.39, 0.29) is 5.91 Å². The molecule has 27 heavy (non-hydrogen) atoms. The van der Waals surface area contributed by atoms with Gasteiger partial charge >= 0.3 is 0 Å². The van der Waals surface area contributed by atoms with Gasteiger partial charge < -0.3 is 15.8 Å². The van der Waals surface area contributed by atoms with E-state index in [0.29, 0.717) is 23.4 Å². The Hall–Kier alpha value is -2.34. The third kappa shape index (κ3) is 4.89. The summed E-state index contributed by atoms with van der Waals surface area (Å²) in [5.41, 5.74) is 8.29. The van der Waals surface area contributed by atoms with Crippen molar-refractivity contribution in [2.24, 2.45) is 5.73 Å². The molecule has 6 heteroatoms. The second-order valence-corrected chi connectivity index (χ2v) is 7.99. The van der Waals surface area contributed by atoms with Crippen LogP contribution in [0.25, 0.3) is 0 Å². The number of ether oxygens (including phenoxy) is 1. The molecule has 1 aromatic carbocycles. The highest BCUT2D eigenvalue weighted by Gasteiger charge is 2.23. The minimum atomic E-state index is -0.446. The zero-order chi connectivity index (χ0) is 19.2. The molecule has 0 fully saturated rings. The smallest absolute Gasteiger partial charge is 0.251 e. The maximum absolute atomic E-state index is 12.5. The molecule has 0 saturated carbocycles. The maximum Gasteiger partial charge on any atom is 0.251 e. The number of nitrogens with one attached hydrogen (secondary N) is 1. The van der Waals surface area contributed by atoms with Crippen LogP contribution in [0.4, 0.5) is 5.00 Å². The molecule has 0 bridgehead atoms. The fourth-order valence-electron chi connectivity index (χ4n) is 3.51. The van der Waals surface area contributed by atoms with Gasteiger partial charge in [-0.2, -0.15) is 0 Å². The molecule has 1 aromatic heterocycles. The van der Waals surface area contributed by atoms with Gasteiger partial charge in [-0.1, -0.05) is 25.0 Å². The Kier molecular flexibility index (Phi) is 6.50. The number of carbonyl (C=O) groups excluding carboxylic acids is 2. The van der Waals surface area contributed by atoms with Gasteiger partial charge in [0.05, 0.1) is 12.7 Å². The van der Waals surface area contributed by atoms with E-state index in [1.54, 1.807) is 7.11 Å². The number of benzene rings is 1. The van der Waals surface area contributed by atoms with Crippen molar-refractivity contribution in [1.29, 1.82) is 0 Å². The van der Waals surface area contributed by atoms with E-state index in [1.165, 1.54) is 29.1 Å². The number of hydrogen-bond acceptors (Lipinski definition) is 4. The first-order valence-corrected chi connectivity index (χ1v) is 10.3. The summed E-state index contributed by atoms with van der Waals surface area (Å²) in [4.78, 5) is 25.7. The summed E-state index contributed by atoms with van der Waals surface area (Å²) in [6.07, 6.45) is 7.39. The number of carbonyl (C=O) groups is 2. The van der Waals surface area contributed by atoms with E-state index in [0.717, 1.165) is 42.6 Å². The van der Waals surface area contributed by atoms with Crippen LogP contribution in [-0.2, 0) is 24.1 Å². The average Bonchev–Trinajstić information content (AvgIpc) is 2.96. The molecular weight excluding hydrogens is 360 g/mol. The highest BCUT2D eigenvalue weighted by atomic mass is 32.1. The van der Waals surface area contributed by atoms with Crippen LogP contribution in [0.15, 0.2) is 24.3 Å². The average molecular weight is 387 g/mol. The molecule has 0 saturated heterocycles. The van der Waals surface area contributed by atoms with Crippen LogP contribution in [0.5, 0.6) is 5.75 Å². The minimum absolute atomic E-state index is 0.0949. The van der Waals surface area contributed by atoms with E-state index < -0.39 is 5.91 Å². The van der Waals surface area contributed by atoms with Gasteiger partial charge in [-0.05, 0) is 55.4 Å². The number of primary amides is 1. The molecule has 0 radical (unpaired) electrons. The largest absolute Gasteiger partial charge is 0.497 e. The van der Waals surface area contributed by atoms with Gasteiger partial charge in [0.1, 0.15) is 10.8 Å². The molecule has 144 valence electrons. The first-order chi connectivity index (χ1) is 13.1. The zero-order valence-electron chi connectivity index (χ0n) is 15.7. The molecule has 1 aliphatic carbocycles. The lowest BCUT2D eigenvalue weighted by Crippen LogP contribution is -2.18. The predicted molar refractivity (Wildman–Crippen MR) is 109 cm³/mol. The first kappa shape index (κ1) is 19.4. The zero-order valence-corrected chi connectivity index (χ0v) is 16.5. The van der Waals surface area contributed by atoms with Crippen molar-refractivity contribution in [1.82, 2.24) is 0 Å². The lowest BCUT2D eigenvalue weighted by atomic mass is 9.96. The highest BCUT2D eigenvalue weighted by molar-refractivity contribution is 7.17. The fourth-order valence-corrected chi connectivity index (χ4v) is 4.82. The Bertz CT molecular complexity index is 812. The summed E-state index contributed by atoms with van der Waals surface area (Å²) in [6.45, 7) is 0. The molecule has 0 spiro atoms. The standard InChI is InChI=1S/C21H26N2O3S/c1-26-15-11-8-14(9-12-15)10-13-18(24)23-21-19(20(22)25)16-6-4-2-3-5-7-17(16)27-21/h8-9,11-12H,2-7,10,13H2,1H3,(H2,22,25)(H,23,24). The first-order valence-electron chi connectivity index (χ1n) is 9.45. The number of nitrogens with two attached hydrogens (primary N) is 1. The Morgan fingerprint density at radius 3 is 2.48 bits per heavy atom. The van der Waals surface area contributed by atoms with Crippen LogP contribution in [-0.4, -0.2) is 18.9 Å². The topological polar surface area (TPSA) is 81.4 Å². The number of thiophene rings is 1. The van der Waals surface area contributed by atoms with Crippen LogP contribution < -0.4 is 15.8 Å². The van der Waals surface area contributed by atoms with Gasteiger partial charge in [0.2, 0.25) is 5.91 Å². The van der Waals surface area contributed by atoms with Crippen molar-refractivity contribution < 1.29 is 14.3 Å². The number of methoxy groups -OCH3 is 1. The number of aryl methyl sites for hydroxylation is 2. The van der Waals surface area contributed by atoms with Gasteiger partial charge in [0.25, 0.3) is 5.91 Å².